The second-order valence-electron chi connectivity index (χ2n) is 15.1. The molecule has 0 aliphatic carbocycles. The fraction of sp³-hybridized carbons (Fsp3) is 0.0189. The summed E-state index contributed by atoms with van der Waals surface area (Å²) >= 11 is 0. The first-order chi connectivity index (χ1) is 28.7. The molecule has 0 radical (unpaired) electrons. The monoisotopic (exact) mass is 742 g/mol. The molecule has 9 aromatic carbocycles. The summed E-state index contributed by atoms with van der Waals surface area (Å²) in [7, 11) is 0. The Kier molecular flexibility index (Phi) is 7.07. The van der Waals surface area contributed by atoms with Gasteiger partial charge in [-0.25, -0.2) is 4.98 Å². The summed E-state index contributed by atoms with van der Waals surface area (Å²) in [4.78, 5) is 5.54. The zero-order valence-electron chi connectivity index (χ0n) is 31.6. The molecule has 0 aliphatic rings. The van der Waals surface area contributed by atoms with Gasteiger partial charge in [-0.3, -0.25) is 13.7 Å². The predicted octanol–water partition coefficient (Wildman–Crippen LogP) is 12.9. The molecule has 0 saturated heterocycles. The number of fused-ring (bicyclic) bond motifs is 11. The lowest BCUT2D eigenvalue weighted by Crippen LogP contribution is -2.29. The Hall–Kier alpha value is -7.76. The summed E-state index contributed by atoms with van der Waals surface area (Å²) in [6, 6.07) is 66.3. The lowest BCUT2D eigenvalue weighted by atomic mass is 9.94. The van der Waals surface area contributed by atoms with Gasteiger partial charge in [0.25, 0.3) is 6.33 Å². The second-order valence-corrected chi connectivity index (χ2v) is 15.1. The van der Waals surface area contributed by atoms with Gasteiger partial charge < -0.3 is 4.74 Å². The Balaban J connectivity index is 1.05. The standard InChI is InChI=1S/C53H34N4O/c1-34-22-26-42-36(30-34)23-27-45-51(42)52-41-17-6-5-12-35(41)24-29-46(52)54-53(45)57-47-19-8-7-18-43(47)44-28-25-40(32-50(44)57)58-39-16-11-15-38(31-39)56-33-55(37-13-3-2-4-14-37)48-20-9-10-21-49(48)56/h2-32H,1H3. The van der Waals surface area contributed by atoms with Crippen LogP contribution in [0.15, 0.2) is 188 Å². The summed E-state index contributed by atoms with van der Waals surface area (Å²) in [5, 5.41) is 10.7. The number of aromatic nitrogens is 4. The zero-order chi connectivity index (χ0) is 38.3. The first-order valence-electron chi connectivity index (χ1n) is 19.6. The second kappa shape index (κ2) is 12.6. The molecule has 0 bridgehead atoms. The third kappa shape index (κ3) is 4.97. The van der Waals surface area contributed by atoms with E-state index < -0.39 is 0 Å². The summed E-state index contributed by atoms with van der Waals surface area (Å²) in [5.74, 6) is 2.37. The van der Waals surface area contributed by atoms with E-state index in [2.05, 4.69) is 197 Å². The van der Waals surface area contributed by atoms with E-state index in [1.807, 2.05) is 18.2 Å². The highest BCUT2D eigenvalue weighted by atomic mass is 16.5. The van der Waals surface area contributed by atoms with Crippen molar-refractivity contribution < 1.29 is 9.30 Å². The van der Waals surface area contributed by atoms with Gasteiger partial charge in [-0.1, -0.05) is 127 Å². The maximum atomic E-state index is 6.75. The van der Waals surface area contributed by atoms with Gasteiger partial charge in [-0.05, 0) is 89.1 Å². The predicted molar refractivity (Wildman–Crippen MR) is 237 cm³/mol. The zero-order valence-corrected chi connectivity index (χ0v) is 31.6. The molecule has 0 spiro atoms. The number of hydrogen-bond acceptors (Lipinski definition) is 2. The summed E-state index contributed by atoms with van der Waals surface area (Å²) in [6.07, 6.45) is 3.60. The molecule has 0 unspecified atom stereocenters. The molecule has 272 valence electrons. The molecule has 12 aromatic rings. The molecule has 5 heteroatoms. The Labute approximate surface area is 333 Å². The fourth-order valence-electron chi connectivity index (χ4n) is 8.95. The fourth-order valence-corrected chi connectivity index (χ4v) is 8.95. The molecular formula is C53H34N4O. The van der Waals surface area contributed by atoms with E-state index in [4.69, 9.17) is 9.72 Å². The maximum absolute atomic E-state index is 6.75. The number of benzene rings is 9. The largest absolute Gasteiger partial charge is 0.458 e. The van der Waals surface area contributed by atoms with Crippen LogP contribution in [-0.2, 0) is 0 Å². The van der Waals surface area contributed by atoms with E-state index in [0.29, 0.717) is 0 Å². The van der Waals surface area contributed by atoms with Crippen LogP contribution >= 0.6 is 0 Å². The van der Waals surface area contributed by atoms with Crippen LogP contribution in [0.2, 0.25) is 0 Å². The van der Waals surface area contributed by atoms with Crippen LogP contribution < -0.4 is 9.30 Å². The van der Waals surface area contributed by atoms with E-state index in [1.165, 1.54) is 37.9 Å². The van der Waals surface area contributed by atoms with Crippen LogP contribution in [0.25, 0.3) is 93.3 Å². The van der Waals surface area contributed by atoms with Crippen molar-refractivity contribution in [2.75, 3.05) is 0 Å². The van der Waals surface area contributed by atoms with Crippen molar-refractivity contribution >= 4 is 76.1 Å². The molecule has 0 aliphatic heterocycles. The van der Waals surface area contributed by atoms with Crippen molar-refractivity contribution in [3.8, 4) is 28.7 Å². The van der Waals surface area contributed by atoms with Crippen molar-refractivity contribution in [3.63, 3.8) is 0 Å². The van der Waals surface area contributed by atoms with Gasteiger partial charge in [-0.15, -0.1) is 0 Å². The lowest BCUT2D eigenvalue weighted by Gasteiger charge is -2.16. The Morgan fingerprint density at radius 3 is 2.12 bits per heavy atom. The molecule has 0 fully saturated rings. The Bertz CT molecular complexity index is 3620. The van der Waals surface area contributed by atoms with Crippen molar-refractivity contribution in [1.29, 1.82) is 0 Å². The minimum Gasteiger partial charge on any atom is -0.458 e. The quantitative estimate of drug-likeness (QED) is 0.1000. The van der Waals surface area contributed by atoms with Crippen LogP contribution in [0, 0.1) is 13.3 Å². The molecule has 5 nitrogen and oxygen atoms in total. The molecular weight excluding hydrogens is 709 g/mol. The third-order valence-corrected chi connectivity index (χ3v) is 11.5. The molecule has 12 rings (SSSR count). The SMILES string of the molecule is Cc1ccc2c(ccc3c(-n4c5ccccc5c5ccc(Oc6cccc(-n7[c-][n+](-c8ccccc8)c8ccccc87)c6)cc54)nc4ccc5ccccc5c4c32)c1. The minimum absolute atomic E-state index is 0.736. The van der Waals surface area contributed by atoms with Crippen LogP contribution in [-0.4, -0.2) is 14.1 Å². The molecule has 0 amide bonds. The van der Waals surface area contributed by atoms with E-state index in [0.717, 1.165) is 72.4 Å². The van der Waals surface area contributed by atoms with Gasteiger partial charge in [0.2, 0.25) is 0 Å². The molecule has 0 atom stereocenters. The summed E-state index contributed by atoms with van der Waals surface area (Å²) in [6.45, 7) is 2.16. The summed E-state index contributed by atoms with van der Waals surface area (Å²) < 4.78 is 13.3. The van der Waals surface area contributed by atoms with Gasteiger partial charge in [0.1, 0.15) is 17.3 Å². The van der Waals surface area contributed by atoms with Gasteiger partial charge >= 0.3 is 0 Å². The minimum atomic E-state index is 0.736. The van der Waals surface area contributed by atoms with Gasteiger partial charge in [0, 0.05) is 33.0 Å². The highest BCUT2D eigenvalue weighted by Crippen LogP contribution is 2.42. The number of para-hydroxylation sites is 4. The molecule has 0 saturated carbocycles. The van der Waals surface area contributed by atoms with Crippen molar-refractivity contribution in [3.05, 3.63) is 200 Å². The van der Waals surface area contributed by atoms with E-state index in [1.54, 1.807) is 0 Å². The van der Waals surface area contributed by atoms with Crippen LogP contribution in [0.5, 0.6) is 11.5 Å². The smallest absolute Gasteiger partial charge is 0.269 e. The van der Waals surface area contributed by atoms with Gasteiger partial charge in [0.15, 0.2) is 0 Å². The van der Waals surface area contributed by atoms with E-state index in [-0.39, 0.29) is 0 Å². The van der Waals surface area contributed by atoms with E-state index >= 15 is 0 Å². The first-order valence-corrected chi connectivity index (χ1v) is 19.6. The third-order valence-electron chi connectivity index (χ3n) is 11.5. The highest BCUT2D eigenvalue weighted by molar-refractivity contribution is 6.28. The van der Waals surface area contributed by atoms with Crippen LogP contribution in [0.4, 0.5) is 0 Å². The normalized spacial score (nSPS) is 11.9. The number of hydrogen-bond donors (Lipinski definition) is 0. The number of pyridine rings is 1. The van der Waals surface area contributed by atoms with Crippen LogP contribution in [0.1, 0.15) is 5.56 Å². The van der Waals surface area contributed by atoms with Crippen molar-refractivity contribution in [1.82, 2.24) is 14.1 Å². The van der Waals surface area contributed by atoms with Crippen molar-refractivity contribution in [2.45, 2.75) is 6.92 Å². The number of aryl methyl sites for hydroxylation is 1. The number of ether oxygens (including phenoxy) is 1. The molecule has 3 heterocycles. The van der Waals surface area contributed by atoms with Crippen molar-refractivity contribution in [2.24, 2.45) is 0 Å². The Morgan fingerprint density at radius 1 is 0.500 bits per heavy atom. The average Bonchev–Trinajstić information content (AvgIpc) is 3.82. The first kappa shape index (κ1) is 32.5. The summed E-state index contributed by atoms with van der Waals surface area (Å²) in [5.41, 5.74) is 8.47. The topological polar surface area (TPSA) is 35.9 Å². The lowest BCUT2D eigenvalue weighted by molar-refractivity contribution is -0.572. The van der Waals surface area contributed by atoms with Crippen LogP contribution in [0.3, 0.4) is 0 Å². The van der Waals surface area contributed by atoms with Gasteiger partial charge in [-0.2, -0.15) is 0 Å². The molecule has 58 heavy (non-hydrogen) atoms. The molecule has 0 N–H and O–H groups in total. The maximum Gasteiger partial charge on any atom is 0.269 e. The van der Waals surface area contributed by atoms with Gasteiger partial charge in [0.05, 0.1) is 39.0 Å². The average molecular weight is 743 g/mol. The highest BCUT2D eigenvalue weighted by Gasteiger charge is 2.20. The number of imidazole rings is 1. The molecule has 3 aromatic heterocycles. The Morgan fingerprint density at radius 2 is 1.21 bits per heavy atom. The number of nitrogens with zero attached hydrogens (tertiary/aromatic N) is 4. The number of rotatable bonds is 5. The van der Waals surface area contributed by atoms with E-state index in [9.17, 15) is 0 Å².